The van der Waals surface area contributed by atoms with Gasteiger partial charge in [-0.05, 0) is 25.0 Å². The van der Waals surface area contributed by atoms with E-state index < -0.39 is 11.9 Å². The van der Waals surface area contributed by atoms with Crippen LogP contribution in [-0.4, -0.2) is 87.4 Å². The molecule has 11 nitrogen and oxygen atoms in total. The number of hydrogen-bond acceptors (Lipinski definition) is 8. The second-order valence-corrected chi connectivity index (χ2v) is 8.17. The number of imide groups is 1. The van der Waals surface area contributed by atoms with Crippen LogP contribution in [0.3, 0.4) is 0 Å². The Hall–Kier alpha value is -2.86. The van der Waals surface area contributed by atoms with Crippen molar-refractivity contribution in [1.82, 2.24) is 10.2 Å². The first-order chi connectivity index (χ1) is 17.0. The average molecular weight is 492 g/mol. The van der Waals surface area contributed by atoms with Crippen molar-refractivity contribution in [3.63, 3.8) is 0 Å². The molecule has 3 rings (SSSR count). The van der Waals surface area contributed by atoms with Crippen LogP contribution in [0.1, 0.15) is 42.1 Å². The van der Waals surface area contributed by atoms with Gasteiger partial charge in [0.1, 0.15) is 12.6 Å². The summed E-state index contributed by atoms with van der Waals surface area (Å²) in [5, 5.41) is 5.05. The number of benzene rings is 1. The normalized spacial score (nSPS) is 17.5. The van der Waals surface area contributed by atoms with Crippen LogP contribution in [0.25, 0.3) is 0 Å². The van der Waals surface area contributed by atoms with E-state index in [1.807, 2.05) is 0 Å². The molecule has 0 aliphatic carbocycles. The van der Waals surface area contributed by atoms with E-state index in [0.717, 1.165) is 13.0 Å². The molecule has 0 saturated carbocycles. The molecule has 192 valence electrons. The predicted octanol–water partition coefficient (Wildman–Crippen LogP) is 0.863. The third-order valence-electron chi connectivity index (χ3n) is 5.55. The summed E-state index contributed by atoms with van der Waals surface area (Å²) in [5.74, 6) is -1.47. The van der Waals surface area contributed by atoms with E-state index in [1.54, 1.807) is 18.2 Å². The number of carbonyl (C=O) groups is 4. The Kier molecular flexibility index (Phi) is 10.6. The van der Waals surface area contributed by atoms with Gasteiger partial charge in [-0.2, -0.15) is 0 Å². The van der Waals surface area contributed by atoms with E-state index in [1.165, 1.54) is 4.90 Å². The molecule has 1 aromatic rings. The zero-order valence-corrected chi connectivity index (χ0v) is 20.0. The van der Waals surface area contributed by atoms with E-state index >= 15 is 0 Å². The molecule has 1 unspecified atom stereocenters. The number of nitrogens with one attached hydrogen (secondary N) is 2. The largest absolute Gasteiger partial charge is 0.379 e. The van der Waals surface area contributed by atoms with Crippen molar-refractivity contribution in [2.75, 3.05) is 58.2 Å². The number of rotatable bonds is 15. The van der Waals surface area contributed by atoms with Gasteiger partial charge < -0.3 is 29.2 Å². The Bertz CT molecular complexity index is 907. The van der Waals surface area contributed by atoms with Crippen molar-refractivity contribution < 1.29 is 38.1 Å². The SMILES string of the molecule is CCCOCCOCCOCCOCC(=O)Nc1cccc2c1CN(C1CCC(=O)NC1=O)C2=O. The van der Waals surface area contributed by atoms with Crippen LogP contribution in [0.4, 0.5) is 5.69 Å². The van der Waals surface area contributed by atoms with Gasteiger partial charge in [0.25, 0.3) is 5.91 Å². The third kappa shape index (κ3) is 7.82. The zero-order valence-electron chi connectivity index (χ0n) is 20.0. The van der Waals surface area contributed by atoms with Crippen LogP contribution in [0, 0.1) is 0 Å². The first kappa shape index (κ1) is 26.7. The van der Waals surface area contributed by atoms with E-state index in [-0.39, 0.29) is 50.3 Å². The second-order valence-electron chi connectivity index (χ2n) is 8.17. The van der Waals surface area contributed by atoms with Crippen LogP contribution in [0.15, 0.2) is 18.2 Å². The maximum atomic E-state index is 12.9. The molecule has 2 aliphatic rings. The third-order valence-corrected chi connectivity index (χ3v) is 5.55. The summed E-state index contributed by atoms with van der Waals surface area (Å²) in [4.78, 5) is 50.3. The monoisotopic (exact) mass is 491 g/mol. The van der Waals surface area contributed by atoms with Gasteiger partial charge in [-0.25, -0.2) is 0 Å². The Morgan fingerprint density at radius 1 is 1.00 bits per heavy atom. The van der Waals surface area contributed by atoms with Crippen molar-refractivity contribution in [1.29, 1.82) is 0 Å². The quantitative estimate of drug-likeness (QED) is 0.273. The van der Waals surface area contributed by atoms with Crippen LogP contribution in [0.5, 0.6) is 0 Å². The molecule has 0 aromatic heterocycles. The summed E-state index contributed by atoms with van der Waals surface area (Å²) >= 11 is 0. The van der Waals surface area contributed by atoms with Crippen molar-refractivity contribution in [3.05, 3.63) is 29.3 Å². The van der Waals surface area contributed by atoms with E-state index in [9.17, 15) is 19.2 Å². The van der Waals surface area contributed by atoms with Crippen LogP contribution in [-0.2, 0) is 39.9 Å². The van der Waals surface area contributed by atoms with Gasteiger partial charge >= 0.3 is 0 Å². The minimum Gasteiger partial charge on any atom is -0.379 e. The number of amides is 4. The van der Waals surface area contributed by atoms with Gasteiger partial charge in [-0.15, -0.1) is 0 Å². The summed E-state index contributed by atoms with van der Waals surface area (Å²) in [6.07, 6.45) is 1.45. The summed E-state index contributed by atoms with van der Waals surface area (Å²) in [5.41, 5.74) is 1.57. The number of anilines is 1. The molecule has 11 heteroatoms. The molecule has 2 heterocycles. The lowest BCUT2D eigenvalue weighted by atomic mass is 10.0. The summed E-state index contributed by atoms with van der Waals surface area (Å²) in [7, 11) is 0. The lowest BCUT2D eigenvalue weighted by Crippen LogP contribution is -2.52. The molecule has 35 heavy (non-hydrogen) atoms. The lowest BCUT2D eigenvalue weighted by Gasteiger charge is -2.29. The second kappa shape index (κ2) is 13.9. The molecule has 1 fully saturated rings. The lowest BCUT2D eigenvalue weighted by molar-refractivity contribution is -0.137. The first-order valence-electron chi connectivity index (χ1n) is 11.9. The summed E-state index contributed by atoms with van der Waals surface area (Å²) < 4.78 is 21.4. The highest BCUT2D eigenvalue weighted by atomic mass is 16.6. The number of fused-ring (bicyclic) bond motifs is 1. The first-order valence-corrected chi connectivity index (χ1v) is 11.9. The summed E-state index contributed by atoms with van der Waals surface area (Å²) in [6.45, 7) is 5.37. The van der Waals surface area contributed by atoms with E-state index in [4.69, 9.17) is 18.9 Å². The molecule has 2 aliphatic heterocycles. The molecule has 4 amide bonds. The van der Waals surface area contributed by atoms with Gasteiger partial charge in [-0.3, -0.25) is 24.5 Å². The van der Waals surface area contributed by atoms with Gasteiger partial charge in [-0.1, -0.05) is 13.0 Å². The molecule has 0 spiro atoms. The maximum Gasteiger partial charge on any atom is 0.255 e. The van der Waals surface area contributed by atoms with Crippen LogP contribution >= 0.6 is 0 Å². The number of piperidine rings is 1. The van der Waals surface area contributed by atoms with Gasteiger partial charge in [0.05, 0.1) is 39.6 Å². The number of ether oxygens (including phenoxy) is 4. The minimum atomic E-state index is -0.709. The standard InChI is InChI=1S/C24H33N3O8/c1-2-8-32-9-10-33-11-12-34-13-14-35-16-22(29)25-19-5-3-4-17-18(19)15-27(24(17)31)20-6-7-21(28)26-23(20)30/h3-5,20H,2,6-16H2,1H3,(H,25,29)(H,26,28,30). The molecular weight excluding hydrogens is 458 g/mol. The highest BCUT2D eigenvalue weighted by Gasteiger charge is 2.39. The van der Waals surface area contributed by atoms with Crippen molar-refractivity contribution >= 4 is 29.3 Å². The molecule has 0 bridgehead atoms. The fourth-order valence-corrected chi connectivity index (χ4v) is 3.86. The van der Waals surface area contributed by atoms with E-state index in [0.29, 0.717) is 49.8 Å². The topological polar surface area (TPSA) is 132 Å². The Morgan fingerprint density at radius 3 is 2.31 bits per heavy atom. The predicted molar refractivity (Wildman–Crippen MR) is 125 cm³/mol. The van der Waals surface area contributed by atoms with E-state index in [2.05, 4.69) is 17.6 Å². The highest BCUT2D eigenvalue weighted by Crippen LogP contribution is 2.32. The van der Waals surface area contributed by atoms with Crippen LogP contribution < -0.4 is 10.6 Å². The molecule has 1 atom stereocenters. The number of carbonyl (C=O) groups excluding carboxylic acids is 4. The molecule has 1 aromatic carbocycles. The molecule has 1 saturated heterocycles. The van der Waals surface area contributed by atoms with Crippen molar-refractivity contribution in [2.24, 2.45) is 0 Å². The maximum absolute atomic E-state index is 12.9. The fourth-order valence-electron chi connectivity index (χ4n) is 3.86. The smallest absolute Gasteiger partial charge is 0.255 e. The summed E-state index contributed by atoms with van der Waals surface area (Å²) in [6, 6.07) is 4.33. The fraction of sp³-hybridized carbons (Fsp3) is 0.583. The Balaban J connectivity index is 1.35. The molecule has 2 N–H and O–H groups in total. The van der Waals surface area contributed by atoms with Gasteiger partial charge in [0.2, 0.25) is 17.7 Å². The Morgan fingerprint density at radius 2 is 1.66 bits per heavy atom. The van der Waals surface area contributed by atoms with Gasteiger partial charge in [0, 0.05) is 36.4 Å². The van der Waals surface area contributed by atoms with Gasteiger partial charge in [0.15, 0.2) is 0 Å². The molecule has 0 radical (unpaired) electrons. The van der Waals surface area contributed by atoms with Crippen molar-refractivity contribution in [3.8, 4) is 0 Å². The van der Waals surface area contributed by atoms with Crippen LogP contribution in [0.2, 0.25) is 0 Å². The van der Waals surface area contributed by atoms with Crippen molar-refractivity contribution in [2.45, 2.75) is 38.8 Å². The Labute approximate surface area is 204 Å². The highest BCUT2D eigenvalue weighted by molar-refractivity contribution is 6.06. The number of hydrogen-bond donors (Lipinski definition) is 2. The zero-order chi connectivity index (χ0) is 25.0. The number of nitrogens with zero attached hydrogens (tertiary/aromatic N) is 1. The minimum absolute atomic E-state index is 0.164. The average Bonchev–Trinajstić information content (AvgIpc) is 3.17. The molecular formula is C24H33N3O8.